The third-order valence-corrected chi connectivity index (χ3v) is 4.36. The van der Waals surface area contributed by atoms with Gasteiger partial charge in [0.05, 0.1) is 4.88 Å². The van der Waals surface area contributed by atoms with E-state index < -0.39 is 17.1 Å². The molecule has 2 aromatic heterocycles. The number of hydrogen-bond donors (Lipinski definition) is 3. The fourth-order valence-corrected chi connectivity index (χ4v) is 3.35. The van der Waals surface area contributed by atoms with Crippen molar-refractivity contribution in [3.8, 4) is 17.0 Å². The molecule has 0 spiro atoms. The van der Waals surface area contributed by atoms with E-state index in [4.69, 9.17) is 0 Å². The molecule has 0 aliphatic heterocycles. The van der Waals surface area contributed by atoms with Crippen molar-refractivity contribution in [2.24, 2.45) is 0 Å². The number of H-pyrrole nitrogens is 2. The van der Waals surface area contributed by atoms with Crippen molar-refractivity contribution in [3.63, 3.8) is 0 Å². The number of fused-ring (bicyclic) bond motifs is 1. The first-order valence-corrected chi connectivity index (χ1v) is 6.89. The van der Waals surface area contributed by atoms with Crippen molar-refractivity contribution in [2.75, 3.05) is 0 Å². The molecule has 2 heterocycles. The van der Waals surface area contributed by atoms with E-state index in [1.165, 1.54) is 18.3 Å². The Kier molecular flexibility index (Phi) is 2.99. The number of aromatic hydroxyl groups is 1. The van der Waals surface area contributed by atoms with E-state index in [0.29, 0.717) is 15.8 Å². The zero-order valence-corrected chi connectivity index (χ0v) is 11.7. The second kappa shape index (κ2) is 4.71. The lowest BCUT2D eigenvalue weighted by Crippen LogP contribution is -2.23. The lowest BCUT2D eigenvalue weighted by molar-refractivity contribution is 0.102. The van der Waals surface area contributed by atoms with Crippen LogP contribution in [0.25, 0.3) is 21.2 Å². The van der Waals surface area contributed by atoms with Gasteiger partial charge in [-0.2, -0.15) is 0 Å². The number of carbonyl (C=O) groups is 1. The molecule has 3 rings (SSSR count). The number of aromatic nitrogens is 2. The van der Waals surface area contributed by atoms with E-state index in [1.54, 1.807) is 12.1 Å². The summed E-state index contributed by atoms with van der Waals surface area (Å²) in [5, 5.41) is 10.6. The molecule has 0 saturated heterocycles. The topological polar surface area (TPSA) is 103 Å². The second-order valence-electron chi connectivity index (χ2n) is 4.49. The molecule has 0 atom stereocenters. The molecular formula is C14H10N2O4S. The zero-order chi connectivity index (χ0) is 15.1. The van der Waals surface area contributed by atoms with Gasteiger partial charge in [-0.05, 0) is 13.0 Å². The van der Waals surface area contributed by atoms with Crippen molar-refractivity contribution in [1.29, 1.82) is 0 Å². The summed E-state index contributed by atoms with van der Waals surface area (Å²) in [6.07, 6.45) is 0. The SMILES string of the molecule is CC(=O)c1sc2ccccc2c1-c1c(O)[nH]c(=O)[nH]c1=O. The Balaban J connectivity index is 2.50. The quantitative estimate of drug-likeness (QED) is 0.628. The third-order valence-electron chi connectivity index (χ3n) is 3.09. The van der Waals surface area contributed by atoms with Crippen LogP contribution in [0.15, 0.2) is 33.9 Å². The van der Waals surface area contributed by atoms with E-state index in [1.807, 2.05) is 12.1 Å². The lowest BCUT2D eigenvalue weighted by atomic mass is 10.0. The smallest absolute Gasteiger partial charge is 0.328 e. The minimum atomic E-state index is -0.801. The van der Waals surface area contributed by atoms with Gasteiger partial charge in [-0.15, -0.1) is 11.3 Å². The lowest BCUT2D eigenvalue weighted by Gasteiger charge is -2.04. The number of aromatic amines is 2. The van der Waals surface area contributed by atoms with Gasteiger partial charge in [-0.3, -0.25) is 19.6 Å². The van der Waals surface area contributed by atoms with Gasteiger partial charge >= 0.3 is 5.69 Å². The van der Waals surface area contributed by atoms with Gasteiger partial charge in [0.1, 0.15) is 5.56 Å². The maximum absolute atomic E-state index is 12.0. The standard InChI is InChI=1S/C14H10N2O4S/c1-6(17)11-9(7-4-2-3-5-8(7)21-11)10-12(18)15-14(20)16-13(10)19/h2-5H,1H3,(H3,15,16,18,19,20). The van der Waals surface area contributed by atoms with E-state index in [2.05, 4.69) is 9.97 Å². The molecule has 0 saturated carbocycles. The Hall–Kier alpha value is -2.67. The molecule has 0 aliphatic rings. The first-order valence-electron chi connectivity index (χ1n) is 6.07. The third kappa shape index (κ3) is 2.07. The van der Waals surface area contributed by atoms with Crippen LogP contribution in [0.3, 0.4) is 0 Å². The van der Waals surface area contributed by atoms with Crippen LogP contribution in [-0.2, 0) is 0 Å². The van der Waals surface area contributed by atoms with Gasteiger partial charge in [-0.1, -0.05) is 18.2 Å². The molecule has 21 heavy (non-hydrogen) atoms. The molecule has 0 amide bonds. The summed E-state index contributed by atoms with van der Waals surface area (Å²) in [7, 11) is 0. The summed E-state index contributed by atoms with van der Waals surface area (Å²) in [6.45, 7) is 1.39. The van der Waals surface area contributed by atoms with Gasteiger partial charge in [0, 0.05) is 15.6 Å². The maximum atomic E-state index is 12.0. The minimum absolute atomic E-state index is 0.0998. The van der Waals surface area contributed by atoms with Crippen LogP contribution in [0.5, 0.6) is 5.88 Å². The molecule has 3 aromatic rings. The predicted molar refractivity (Wildman–Crippen MR) is 80.2 cm³/mol. The number of rotatable bonds is 2. The highest BCUT2D eigenvalue weighted by Crippen LogP contribution is 2.39. The number of ketones is 1. The summed E-state index contributed by atoms with van der Waals surface area (Å²) in [4.78, 5) is 39.6. The Morgan fingerprint density at radius 1 is 1.14 bits per heavy atom. The molecule has 0 radical (unpaired) electrons. The number of nitrogens with one attached hydrogen (secondary N) is 2. The Labute approximate surface area is 121 Å². The molecule has 0 bridgehead atoms. The summed E-state index contributed by atoms with van der Waals surface area (Å²) < 4.78 is 0.822. The van der Waals surface area contributed by atoms with Gasteiger partial charge in [0.15, 0.2) is 5.78 Å². The van der Waals surface area contributed by atoms with Crippen LogP contribution in [-0.4, -0.2) is 20.9 Å². The molecule has 0 fully saturated rings. The minimum Gasteiger partial charge on any atom is -0.494 e. The van der Waals surface area contributed by atoms with Gasteiger partial charge in [-0.25, -0.2) is 4.79 Å². The molecule has 0 aliphatic carbocycles. The van der Waals surface area contributed by atoms with Gasteiger partial charge < -0.3 is 5.11 Å². The van der Waals surface area contributed by atoms with E-state index >= 15 is 0 Å². The second-order valence-corrected chi connectivity index (χ2v) is 5.54. The van der Waals surface area contributed by atoms with Crippen LogP contribution in [0, 0.1) is 0 Å². The molecule has 0 unspecified atom stereocenters. The van der Waals surface area contributed by atoms with Gasteiger partial charge in [0.2, 0.25) is 5.88 Å². The Morgan fingerprint density at radius 3 is 2.52 bits per heavy atom. The normalized spacial score (nSPS) is 10.9. The van der Waals surface area contributed by atoms with Crippen molar-refractivity contribution in [1.82, 2.24) is 9.97 Å². The molecule has 106 valence electrons. The average molecular weight is 302 g/mol. The fraction of sp³-hybridized carbons (Fsp3) is 0.0714. The molecule has 1 aromatic carbocycles. The van der Waals surface area contributed by atoms with Crippen LogP contribution < -0.4 is 11.2 Å². The summed E-state index contributed by atoms with van der Waals surface area (Å²) >= 11 is 1.24. The number of carbonyl (C=O) groups excluding carboxylic acids is 1. The van der Waals surface area contributed by atoms with Crippen LogP contribution in [0.2, 0.25) is 0 Å². The molecule has 6 nitrogen and oxygen atoms in total. The molecule has 7 heteroatoms. The van der Waals surface area contributed by atoms with Crippen molar-refractivity contribution in [2.45, 2.75) is 6.92 Å². The van der Waals surface area contributed by atoms with E-state index in [9.17, 15) is 19.5 Å². The summed E-state index contributed by atoms with van der Waals surface area (Å²) in [5.41, 5.74) is -1.29. The monoisotopic (exact) mass is 302 g/mol. The van der Waals surface area contributed by atoms with Crippen LogP contribution >= 0.6 is 11.3 Å². The highest BCUT2D eigenvalue weighted by molar-refractivity contribution is 7.21. The predicted octanol–water partition coefficient (Wildman–Crippen LogP) is 1.85. The Morgan fingerprint density at radius 2 is 1.86 bits per heavy atom. The largest absolute Gasteiger partial charge is 0.494 e. The van der Waals surface area contributed by atoms with Crippen molar-refractivity contribution >= 4 is 27.2 Å². The molecule has 3 N–H and O–H groups in total. The van der Waals surface area contributed by atoms with E-state index in [0.717, 1.165) is 4.70 Å². The highest BCUT2D eigenvalue weighted by Gasteiger charge is 2.22. The van der Waals surface area contributed by atoms with Crippen molar-refractivity contribution in [3.05, 3.63) is 50.0 Å². The van der Waals surface area contributed by atoms with Gasteiger partial charge in [0.25, 0.3) is 5.56 Å². The van der Waals surface area contributed by atoms with Crippen molar-refractivity contribution < 1.29 is 9.90 Å². The number of hydrogen-bond acceptors (Lipinski definition) is 5. The Bertz CT molecular complexity index is 981. The first-order chi connectivity index (χ1) is 9.99. The fourth-order valence-electron chi connectivity index (χ4n) is 2.25. The van der Waals surface area contributed by atoms with Crippen LogP contribution in [0.4, 0.5) is 0 Å². The number of Topliss-reactive ketones (excluding diaryl/α,β-unsaturated/α-hetero) is 1. The molecular weight excluding hydrogens is 292 g/mol. The summed E-state index contributed by atoms with van der Waals surface area (Å²) in [6, 6.07) is 7.19. The highest BCUT2D eigenvalue weighted by atomic mass is 32.1. The van der Waals surface area contributed by atoms with Crippen LogP contribution in [0.1, 0.15) is 16.6 Å². The van der Waals surface area contributed by atoms with E-state index in [-0.39, 0.29) is 11.3 Å². The maximum Gasteiger partial charge on any atom is 0.328 e. The average Bonchev–Trinajstić information content (AvgIpc) is 2.77. The first kappa shape index (κ1) is 13.3. The number of benzene rings is 1. The number of thiophene rings is 1. The zero-order valence-electron chi connectivity index (χ0n) is 10.9. The summed E-state index contributed by atoms with van der Waals surface area (Å²) in [5.74, 6) is -0.758.